The molecule has 0 aliphatic heterocycles. The number of carbonyl (C=O) groups is 1. The Morgan fingerprint density at radius 1 is 0.964 bits per heavy atom. The van der Waals surface area contributed by atoms with E-state index in [2.05, 4.69) is 0 Å². The lowest BCUT2D eigenvalue weighted by Crippen LogP contribution is -2.07. The first kappa shape index (κ1) is 21.4. The number of rotatable bonds is 8. The summed E-state index contributed by atoms with van der Waals surface area (Å²) < 4.78 is 26.8. The number of ether oxygens (including phenoxy) is 5. The molecule has 0 aliphatic carbocycles. The van der Waals surface area contributed by atoms with Gasteiger partial charge in [0.15, 0.2) is 23.0 Å². The second kappa shape index (κ2) is 9.90. The Balaban J connectivity index is 2.22. The minimum Gasteiger partial charge on any atom is -0.493 e. The first-order valence-electron chi connectivity index (χ1n) is 8.54. The largest absolute Gasteiger partial charge is 0.493 e. The van der Waals surface area contributed by atoms with E-state index in [1.165, 1.54) is 27.4 Å². The highest BCUT2D eigenvalue weighted by Gasteiger charge is 2.15. The van der Waals surface area contributed by atoms with Gasteiger partial charge in [0.25, 0.3) is 0 Å². The number of methoxy groups -OCH3 is 3. The van der Waals surface area contributed by atoms with E-state index in [4.69, 9.17) is 35.3 Å². The van der Waals surface area contributed by atoms with Crippen molar-refractivity contribution in [3.05, 3.63) is 47.0 Å². The Kier molecular flexibility index (Phi) is 7.58. The summed E-state index contributed by atoms with van der Waals surface area (Å²) in [6.45, 7) is 3.79. The predicted octanol–water partition coefficient (Wildman–Crippen LogP) is 4.77. The van der Waals surface area contributed by atoms with Crippen molar-refractivity contribution >= 4 is 23.6 Å². The normalized spacial score (nSPS) is 10.8. The van der Waals surface area contributed by atoms with E-state index in [-0.39, 0.29) is 11.9 Å². The Bertz CT molecular complexity index is 838. The van der Waals surface area contributed by atoms with Crippen LogP contribution in [-0.4, -0.2) is 33.4 Å². The van der Waals surface area contributed by atoms with Crippen molar-refractivity contribution in [1.82, 2.24) is 0 Å². The van der Waals surface area contributed by atoms with E-state index >= 15 is 0 Å². The van der Waals surface area contributed by atoms with Gasteiger partial charge in [-0.25, -0.2) is 4.79 Å². The van der Waals surface area contributed by atoms with Crippen molar-refractivity contribution in [2.75, 3.05) is 21.3 Å². The molecule has 2 rings (SSSR count). The first-order chi connectivity index (χ1) is 13.4. The van der Waals surface area contributed by atoms with E-state index < -0.39 is 5.97 Å². The lowest BCUT2D eigenvalue weighted by molar-refractivity contribution is -0.129. The van der Waals surface area contributed by atoms with Gasteiger partial charge in [-0.2, -0.15) is 0 Å². The average molecular weight is 407 g/mol. The van der Waals surface area contributed by atoms with Gasteiger partial charge in [-0.1, -0.05) is 17.7 Å². The topological polar surface area (TPSA) is 63.2 Å². The van der Waals surface area contributed by atoms with Crippen LogP contribution in [0.4, 0.5) is 0 Å². The van der Waals surface area contributed by atoms with Crippen molar-refractivity contribution in [3.8, 4) is 28.7 Å². The second-order valence-electron chi connectivity index (χ2n) is 5.95. The molecule has 0 aliphatic rings. The predicted molar refractivity (Wildman–Crippen MR) is 108 cm³/mol. The molecule has 0 heterocycles. The number of carbonyl (C=O) groups excluding carboxylic acids is 1. The second-order valence-corrected chi connectivity index (χ2v) is 6.35. The van der Waals surface area contributed by atoms with Gasteiger partial charge in [0, 0.05) is 6.08 Å². The molecule has 0 spiro atoms. The van der Waals surface area contributed by atoms with Crippen LogP contribution in [0.15, 0.2) is 36.4 Å². The van der Waals surface area contributed by atoms with E-state index in [9.17, 15) is 4.79 Å². The summed E-state index contributed by atoms with van der Waals surface area (Å²) in [6, 6.07) is 8.48. The summed E-state index contributed by atoms with van der Waals surface area (Å²) in [6.07, 6.45) is 2.79. The molecule has 0 unspecified atom stereocenters. The van der Waals surface area contributed by atoms with Gasteiger partial charge in [0.2, 0.25) is 5.75 Å². The SMILES string of the molecule is COc1cc(/C=C/C(=O)Oc2c(OC)cccc2OC)cc(Cl)c1OC(C)C. The monoisotopic (exact) mass is 406 g/mol. The number of hydrogen-bond donors (Lipinski definition) is 0. The molecule has 0 N–H and O–H groups in total. The minimum atomic E-state index is -0.597. The molecule has 2 aromatic rings. The standard InChI is InChI=1S/C21H23ClO6/c1-13(2)27-20-15(22)11-14(12-18(20)26-5)9-10-19(23)28-21-16(24-3)7-6-8-17(21)25-4/h6-13H,1-5H3/b10-9+. The van der Waals surface area contributed by atoms with Gasteiger partial charge >= 0.3 is 5.97 Å². The van der Waals surface area contributed by atoms with Crippen LogP contribution in [-0.2, 0) is 4.79 Å². The van der Waals surface area contributed by atoms with Gasteiger partial charge in [-0.05, 0) is 49.8 Å². The lowest BCUT2D eigenvalue weighted by atomic mass is 10.2. The first-order valence-corrected chi connectivity index (χ1v) is 8.92. The molecule has 7 heteroatoms. The lowest BCUT2D eigenvalue weighted by Gasteiger charge is -2.15. The smallest absolute Gasteiger partial charge is 0.336 e. The Morgan fingerprint density at radius 2 is 1.57 bits per heavy atom. The van der Waals surface area contributed by atoms with Crippen LogP contribution in [0, 0.1) is 0 Å². The highest BCUT2D eigenvalue weighted by Crippen LogP contribution is 2.38. The fourth-order valence-electron chi connectivity index (χ4n) is 2.40. The zero-order valence-electron chi connectivity index (χ0n) is 16.4. The van der Waals surface area contributed by atoms with Crippen LogP contribution in [0.25, 0.3) is 6.08 Å². The quantitative estimate of drug-likeness (QED) is 0.357. The van der Waals surface area contributed by atoms with Crippen LogP contribution < -0.4 is 23.7 Å². The number of hydrogen-bond acceptors (Lipinski definition) is 6. The molecular weight excluding hydrogens is 384 g/mol. The maximum absolute atomic E-state index is 12.3. The summed E-state index contributed by atoms with van der Waals surface area (Å²) in [4.78, 5) is 12.3. The zero-order chi connectivity index (χ0) is 20.7. The molecule has 0 aromatic heterocycles. The number of halogens is 1. The molecular formula is C21H23ClO6. The van der Waals surface area contributed by atoms with E-state index in [1.54, 1.807) is 36.4 Å². The highest BCUT2D eigenvalue weighted by atomic mass is 35.5. The third kappa shape index (κ3) is 5.33. The van der Waals surface area contributed by atoms with Crippen molar-refractivity contribution in [3.63, 3.8) is 0 Å². The van der Waals surface area contributed by atoms with Crippen molar-refractivity contribution in [2.45, 2.75) is 20.0 Å². The van der Waals surface area contributed by atoms with Gasteiger partial charge in [0.1, 0.15) is 0 Å². The molecule has 0 amide bonds. The van der Waals surface area contributed by atoms with Crippen LogP contribution in [0.3, 0.4) is 0 Å². The molecule has 0 fully saturated rings. The summed E-state index contributed by atoms with van der Waals surface area (Å²) in [7, 11) is 4.49. The van der Waals surface area contributed by atoms with Crippen molar-refractivity contribution in [2.24, 2.45) is 0 Å². The van der Waals surface area contributed by atoms with Gasteiger partial charge in [-0.3, -0.25) is 0 Å². The molecule has 0 saturated heterocycles. The number of esters is 1. The van der Waals surface area contributed by atoms with Crippen LogP contribution in [0.2, 0.25) is 5.02 Å². The molecule has 0 bridgehead atoms. The van der Waals surface area contributed by atoms with Crippen molar-refractivity contribution in [1.29, 1.82) is 0 Å². The molecule has 150 valence electrons. The fraction of sp³-hybridized carbons (Fsp3) is 0.286. The molecule has 0 saturated carbocycles. The van der Waals surface area contributed by atoms with Gasteiger partial charge < -0.3 is 23.7 Å². The summed E-state index contributed by atoms with van der Waals surface area (Å²) in [5.74, 6) is 1.32. The summed E-state index contributed by atoms with van der Waals surface area (Å²) in [5.41, 5.74) is 0.655. The Labute approximate surface area is 169 Å². The Hall–Kier alpha value is -2.86. The van der Waals surface area contributed by atoms with E-state index in [0.29, 0.717) is 33.6 Å². The van der Waals surface area contributed by atoms with Crippen LogP contribution in [0.1, 0.15) is 19.4 Å². The van der Waals surface area contributed by atoms with Crippen LogP contribution >= 0.6 is 11.6 Å². The summed E-state index contributed by atoms with van der Waals surface area (Å²) in [5, 5.41) is 0.382. The van der Waals surface area contributed by atoms with Crippen molar-refractivity contribution < 1.29 is 28.5 Å². The van der Waals surface area contributed by atoms with Gasteiger partial charge in [-0.15, -0.1) is 0 Å². The molecule has 0 atom stereocenters. The van der Waals surface area contributed by atoms with E-state index in [0.717, 1.165) is 0 Å². The Morgan fingerprint density at radius 3 is 2.11 bits per heavy atom. The summed E-state index contributed by atoms with van der Waals surface area (Å²) >= 11 is 6.29. The maximum Gasteiger partial charge on any atom is 0.336 e. The minimum absolute atomic E-state index is 0.0568. The maximum atomic E-state index is 12.3. The molecule has 28 heavy (non-hydrogen) atoms. The third-order valence-corrected chi connectivity index (χ3v) is 3.88. The van der Waals surface area contributed by atoms with E-state index in [1.807, 2.05) is 13.8 Å². The molecule has 6 nitrogen and oxygen atoms in total. The fourth-order valence-corrected chi connectivity index (χ4v) is 2.67. The highest BCUT2D eigenvalue weighted by molar-refractivity contribution is 6.32. The van der Waals surface area contributed by atoms with Crippen LogP contribution in [0.5, 0.6) is 28.7 Å². The van der Waals surface area contributed by atoms with Gasteiger partial charge in [0.05, 0.1) is 32.5 Å². The number of benzene rings is 2. The molecule has 0 radical (unpaired) electrons. The number of para-hydroxylation sites is 1. The third-order valence-electron chi connectivity index (χ3n) is 3.60. The zero-order valence-corrected chi connectivity index (χ0v) is 17.2. The molecule has 2 aromatic carbocycles. The average Bonchev–Trinajstić information content (AvgIpc) is 2.67.